The first-order chi connectivity index (χ1) is 9.15. The van der Waals surface area contributed by atoms with Gasteiger partial charge in [0.15, 0.2) is 0 Å². The minimum absolute atomic E-state index is 0.0729. The van der Waals surface area contributed by atoms with Gasteiger partial charge in [-0.3, -0.25) is 0 Å². The Morgan fingerprint density at radius 3 is 2.53 bits per heavy atom. The molecule has 1 aromatic rings. The van der Waals surface area contributed by atoms with Crippen molar-refractivity contribution in [3.8, 4) is 0 Å². The first-order valence-electron chi connectivity index (χ1n) is 7.33. The average Bonchev–Trinajstić information content (AvgIpc) is 2.37. The molecule has 3 heteroatoms. The van der Waals surface area contributed by atoms with Gasteiger partial charge in [0, 0.05) is 16.1 Å². The highest BCUT2D eigenvalue weighted by Crippen LogP contribution is 2.20. The van der Waals surface area contributed by atoms with Crippen LogP contribution in [0, 0.1) is 5.82 Å². The quantitative estimate of drug-likeness (QED) is 0.581. The largest absolute Gasteiger partial charge is 0.310 e. The van der Waals surface area contributed by atoms with E-state index < -0.39 is 0 Å². The van der Waals surface area contributed by atoms with Gasteiger partial charge in [-0.15, -0.1) is 0 Å². The fourth-order valence-corrected chi connectivity index (χ4v) is 2.52. The van der Waals surface area contributed by atoms with Gasteiger partial charge in [0.25, 0.3) is 0 Å². The van der Waals surface area contributed by atoms with Crippen LogP contribution in [0.15, 0.2) is 22.7 Å². The van der Waals surface area contributed by atoms with Crippen LogP contribution in [0.25, 0.3) is 0 Å². The van der Waals surface area contributed by atoms with Crippen LogP contribution in [0.3, 0.4) is 0 Å². The number of halogens is 2. The van der Waals surface area contributed by atoms with E-state index in [1.54, 1.807) is 0 Å². The molecule has 1 aromatic carbocycles. The van der Waals surface area contributed by atoms with Crippen molar-refractivity contribution in [2.24, 2.45) is 0 Å². The Morgan fingerprint density at radius 1 is 1.16 bits per heavy atom. The van der Waals surface area contributed by atoms with Gasteiger partial charge < -0.3 is 5.32 Å². The minimum Gasteiger partial charge on any atom is -0.310 e. The second-order valence-electron chi connectivity index (χ2n) is 5.11. The van der Waals surface area contributed by atoms with Gasteiger partial charge in [0.05, 0.1) is 0 Å². The number of unbranched alkanes of at least 4 members (excludes halogenated alkanes) is 5. The summed E-state index contributed by atoms with van der Waals surface area (Å²) in [6.45, 7) is 5.21. The van der Waals surface area contributed by atoms with E-state index in [4.69, 9.17) is 0 Å². The average molecular weight is 330 g/mol. The summed E-state index contributed by atoms with van der Waals surface area (Å²) < 4.78 is 14.5. The summed E-state index contributed by atoms with van der Waals surface area (Å²) in [5.74, 6) is -0.141. The van der Waals surface area contributed by atoms with Crippen molar-refractivity contribution < 1.29 is 4.39 Å². The third-order valence-corrected chi connectivity index (χ3v) is 3.90. The third-order valence-electron chi connectivity index (χ3n) is 3.41. The van der Waals surface area contributed by atoms with Crippen molar-refractivity contribution in [1.29, 1.82) is 0 Å². The normalized spacial score (nSPS) is 12.6. The zero-order chi connectivity index (χ0) is 14.1. The predicted octanol–water partition coefficient (Wildman–Crippen LogP) is 5.60. The van der Waals surface area contributed by atoms with Crippen molar-refractivity contribution in [3.05, 3.63) is 34.1 Å². The molecule has 1 rings (SSSR count). The van der Waals surface area contributed by atoms with E-state index in [1.165, 1.54) is 44.6 Å². The van der Waals surface area contributed by atoms with E-state index in [0.717, 1.165) is 16.6 Å². The third kappa shape index (κ3) is 6.53. The van der Waals surface area contributed by atoms with Gasteiger partial charge in [-0.25, -0.2) is 4.39 Å². The van der Waals surface area contributed by atoms with Gasteiger partial charge in [0.2, 0.25) is 0 Å². The molecule has 0 heterocycles. The number of hydrogen-bond donors (Lipinski definition) is 1. The number of nitrogens with one attached hydrogen (secondary N) is 1. The van der Waals surface area contributed by atoms with Crippen LogP contribution in [-0.4, -0.2) is 6.54 Å². The molecule has 1 N–H and O–H groups in total. The Bertz CT molecular complexity index is 368. The van der Waals surface area contributed by atoms with Crippen molar-refractivity contribution in [3.63, 3.8) is 0 Å². The number of hydrogen-bond acceptors (Lipinski definition) is 1. The maximum Gasteiger partial charge on any atom is 0.129 e. The molecule has 1 unspecified atom stereocenters. The van der Waals surface area contributed by atoms with Gasteiger partial charge in [0.1, 0.15) is 5.82 Å². The second-order valence-corrected chi connectivity index (χ2v) is 6.03. The Balaban J connectivity index is 2.22. The molecule has 0 saturated heterocycles. The Morgan fingerprint density at radius 2 is 1.84 bits per heavy atom. The van der Waals surface area contributed by atoms with Crippen LogP contribution < -0.4 is 5.32 Å². The maximum absolute atomic E-state index is 13.7. The molecular weight excluding hydrogens is 305 g/mol. The molecule has 0 aromatic heterocycles. The van der Waals surface area contributed by atoms with E-state index >= 15 is 0 Å². The molecular formula is C16H25BrFN. The van der Waals surface area contributed by atoms with Crippen LogP contribution in [-0.2, 0) is 0 Å². The van der Waals surface area contributed by atoms with E-state index in [9.17, 15) is 4.39 Å². The summed E-state index contributed by atoms with van der Waals surface area (Å²) in [4.78, 5) is 0. The molecule has 0 spiro atoms. The lowest BCUT2D eigenvalue weighted by atomic mass is 10.1. The van der Waals surface area contributed by atoms with Crippen molar-refractivity contribution in [2.75, 3.05) is 6.54 Å². The lowest BCUT2D eigenvalue weighted by Gasteiger charge is -2.15. The highest BCUT2D eigenvalue weighted by atomic mass is 79.9. The van der Waals surface area contributed by atoms with Crippen LogP contribution in [0.2, 0.25) is 0 Å². The topological polar surface area (TPSA) is 12.0 Å². The molecule has 0 aliphatic rings. The van der Waals surface area contributed by atoms with E-state index in [-0.39, 0.29) is 11.9 Å². The zero-order valence-electron chi connectivity index (χ0n) is 12.0. The maximum atomic E-state index is 13.7. The first-order valence-corrected chi connectivity index (χ1v) is 8.12. The molecule has 0 amide bonds. The smallest absolute Gasteiger partial charge is 0.129 e. The standard InChI is InChI=1S/C16H25BrFN/c1-3-4-5-6-7-8-11-19-13(2)15-10-9-14(17)12-16(15)18/h9-10,12-13,19H,3-8,11H2,1-2H3. The SMILES string of the molecule is CCCCCCCCNC(C)c1ccc(Br)cc1F. The fraction of sp³-hybridized carbons (Fsp3) is 0.625. The molecule has 108 valence electrons. The minimum atomic E-state index is -0.141. The molecule has 0 bridgehead atoms. The summed E-state index contributed by atoms with van der Waals surface area (Å²) in [6.07, 6.45) is 7.73. The predicted molar refractivity (Wildman–Crippen MR) is 83.9 cm³/mol. The van der Waals surface area contributed by atoms with Crippen LogP contribution in [0.5, 0.6) is 0 Å². The van der Waals surface area contributed by atoms with Gasteiger partial charge in [-0.2, -0.15) is 0 Å². The van der Waals surface area contributed by atoms with E-state index in [1.807, 2.05) is 19.1 Å². The lowest BCUT2D eigenvalue weighted by Crippen LogP contribution is -2.20. The van der Waals surface area contributed by atoms with E-state index in [0.29, 0.717) is 0 Å². The Labute approximate surface area is 125 Å². The van der Waals surface area contributed by atoms with Crippen molar-refractivity contribution in [2.45, 2.75) is 58.4 Å². The Kier molecular flexibility index (Phi) is 8.31. The molecule has 0 aliphatic carbocycles. The van der Waals surface area contributed by atoms with Crippen LogP contribution in [0.4, 0.5) is 4.39 Å². The van der Waals surface area contributed by atoms with Crippen LogP contribution >= 0.6 is 15.9 Å². The molecule has 19 heavy (non-hydrogen) atoms. The van der Waals surface area contributed by atoms with E-state index in [2.05, 4.69) is 28.2 Å². The van der Waals surface area contributed by atoms with Crippen molar-refractivity contribution in [1.82, 2.24) is 5.32 Å². The monoisotopic (exact) mass is 329 g/mol. The molecule has 1 atom stereocenters. The molecule has 0 saturated carbocycles. The van der Waals surface area contributed by atoms with Crippen molar-refractivity contribution >= 4 is 15.9 Å². The summed E-state index contributed by atoms with van der Waals surface area (Å²) in [5, 5.41) is 3.39. The molecule has 1 nitrogen and oxygen atoms in total. The summed E-state index contributed by atoms with van der Waals surface area (Å²) in [5.41, 5.74) is 0.745. The lowest BCUT2D eigenvalue weighted by molar-refractivity contribution is 0.505. The van der Waals surface area contributed by atoms with Crippen LogP contribution in [0.1, 0.15) is 64.0 Å². The first kappa shape index (κ1) is 16.6. The van der Waals surface area contributed by atoms with Gasteiger partial charge in [-0.05, 0) is 32.0 Å². The zero-order valence-corrected chi connectivity index (χ0v) is 13.6. The Hall–Kier alpha value is -0.410. The van der Waals surface area contributed by atoms with Gasteiger partial charge in [-0.1, -0.05) is 61.0 Å². The molecule has 0 fully saturated rings. The highest BCUT2D eigenvalue weighted by Gasteiger charge is 2.10. The summed E-state index contributed by atoms with van der Waals surface area (Å²) in [6, 6.07) is 5.33. The number of benzene rings is 1. The van der Waals surface area contributed by atoms with Gasteiger partial charge >= 0.3 is 0 Å². The molecule has 0 aliphatic heterocycles. The summed E-state index contributed by atoms with van der Waals surface area (Å²) >= 11 is 3.28. The highest BCUT2D eigenvalue weighted by molar-refractivity contribution is 9.10. The number of rotatable bonds is 9. The summed E-state index contributed by atoms with van der Waals surface area (Å²) in [7, 11) is 0. The second kappa shape index (κ2) is 9.49. The molecule has 0 radical (unpaired) electrons. The fourth-order valence-electron chi connectivity index (χ4n) is 2.19.